The number of aliphatic hydroxyl groups excluding tert-OH is 1. The molecule has 0 spiro atoms. The van der Waals surface area contributed by atoms with Crippen LogP contribution in [0, 0.1) is 0 Å². The zero-order chi connectivity index (χ0) is 26.0. The Bertz CT molecular complexity index is 1240. The number of fused-ring (bicyclic) bond motifs is 3. The number of para-hydroxylation sites is 3. The number of aromatic nitrogens is 1. The summed E-state index contributed by atoms with van der Waals surface area (Å²) < 4.78 is 48.7. The van der Waals surface area contributed by atoms with Crippen LogP contribution >= 0.6 is 17.0 Å². The van der Waals surface area contributed by atoms with Gasteiger partial charge in [0.1, 0.15) is 25.1 Å². The molecule has 37 heavy (non-hydrogen) atoms. The van der Waals surface area contributed by atoms with Gasteiger partial charge in [-0.15, -0.1) is 17.0 Å². The highest BCUT2D eigenvalue weighted by Crippen LogP contribution is 2.33. The van der Waals surface area contributed by atoms with Crippen molar-refractivity contribution in [2.45, 2.75) is 12.2 Å². The maximum Gasteiger partial charge on any atom is 0.381 e. The lowest BCUT2D eigenvalue weighted by Gasteiger charge is -2.15. The number of H-pyrrole nitrogens is 1. The largest absolute Gasteiger partial charge is 0.493 e. The first-order chi connectivity index (χ1) is 17.3. The predicted octanol–water partition coefficient (Wildman–Crippen LogP) is 4.86. The number of methoxy groups -OCH3 is 1. The highest BCUT2D eigenvalue weighted by Gasteiger charge is 2.22. The van der Waals surface area contributed by atoms with E-state index in [-0.39, 0.29) is 23.6 Å². The first kappa shape index (κ1) is 30.2. The summed E-state index contributed by atoms with van der Waals surface area (Å²) in [5, 5.41) is 22.8. The van der Waals surface area contributed by atoms with Gasteiger partial charge in [0.2, 0.25) is 0 Å². The van der Waals surface area contributed by atoms with E-state index >= 15 is 0 Å². The van der Waals surface area contributed by atoms with Crippen LogP contribution in [0.15, 0.2) is 66.7 Å². The van der Waals surface area contributed by atoms with E-state index in [9.17, 15) is 18.3 Å². The molecule has 0 aliphatic carbocycles. The van der Waals surface area contributed by atoms with Crippen molar-refractivity contribution in [3.05, 3.63) is 66.7 Å². The van der Waals surface area contributed by atoms with Gasteiger partial charge in [-0.2, -0.15) is 8.78 Å². The van der Waals surface area contributed by atoms with Gasteiger partial charge in [0, 0.05) is 29.4 Å². The molecule has 0 bridgehead atoms. The number of aliphatic hydroxyl groups is 2. The maximum absolute atomic E-state index is 10.6. The first-order valence-corrected chi connectivity index (χ1v) is 11.3. The molecule has 0 fully saturated rings. The van der Waals surface area contributed by atoms with Gasteiger partial charge in [-0.25, -0.2) is 4.39 Å². The van der Waals surface area contributed by atoms with E-state index in [4.69, 9.17) is 19.3 Å². The molecule has 0 saturated carbocycles. The fourth-order valence-electron chi connectivity index (χ4n) is 3.47. The van der Waals surface area contributed by atoms with Gasteiger partial charge in [0.05, 0.1) is 12.6 Å². The Morgan fingerprint density at radius 3 is 2.24 bits per heavy atom. The summed E-state index contributed by atoms with van der Waals surface area (Å²) in [6.07, 6.45) is -4.75. The number of aromatic amines is 1. The van der Waals surface area contributed by atoms with Crippen molar-refractivity contribution in [1.82, 2.24) is 10.3 Å². The number of nitrogens with one attached hydrogen (secondary N) is 2. The second-order valence-electron chi connectivity index (χ2n) is 7.82. The maximum atomic E-state index is 10.6. The molecule has 4 aromatic rings. The average molecular weight is 587 g/mol. The second kappa shape index (κ2) is 14.7. The SMILES string of the molecule is Br.COc1ccccc1OCCNCC(O)COc1cccc2[nH]c3ccccc3c12.OC(F)(F)CF. The predicted molar refractivity (Wildman–Crippen MR) is 142 cm³/mol. The molecule has 0 radical (unpaired) electrons. The van der Waals surface area contributed by atoms with Crippen molar-refractivity contribution >= 4 is 38.8 Å². The van der Waals surface area contributed by atoms with E-state index in [1.54, 1.807) is 7.11 Å². The van der Waals surface area contributed by atoms with Crippen molar-refractivity contribution in [2.75, 3.05) is 40.1 Å². The molecule has 0 saturated heterocycles. The minimum absolute atomic E-state index is 0. The summed E-state index contributed by atoms with van der Waals surface area (Å²) in [6.45, 7) is -0.305. The van der Waals surface area contributed by atoms with E-state index in [2.05, 4.69) is 16.4 Å². The van der Waals surface area contributed by atoms with Crippen LogP contribution in [0.4, 0.5) is 13.2 Å². The molecule has 4 rings (SSSR count). The molecule has 202 valence electrons. The molecule has 1 atom stereocenters. The van der Waals surface area contributed by atoms with E-state index in [0.29, 0.717) is 31.2 Å². The number of alkyl halides is 3. The molecule has 1 aromatic heterocycles. The summed E-state index contributed by atoms with van der Waals surface area (Å²) in [4.78, 5) is 3.40. The standard InChI is InChI=1S/C24H26N2O4.C2H3F3O.BrH/c1-28-21-10-4-5-11-22(21)29-14-13-25-15-17(27)16-30-23-12-6-9-20-24(23)18-7-2-3-8-19(18)26-20;3-1-2(4,5)6;/h2-12,17,25-27H,13-16H2,1H3;6H,1H2;1H. The smallest absolute Gasteiger partial charge is 0.381 e. The molecular weight excluding hydrogens is 557 g/mol. The second-order valence-corrected chi connectivity index (χ2v) is 7.82. The van der Waals surface area contributed by atoms with Crippen molar-refractivity contribution < 1.29 is 37.6 Å². The van der Waals surface area contributed by atoms with Crippen LogP contribution in [-0.2, 0) is 0 Å². The van der Waals surface area contributed by atoms with Crippen LogP contribution in [0.3, 0.4) is 0 Å². The zero-order valence-corrected chi connectivity index (χ0v) is 21.8. The fourth-order valence-corrected chi connectivity index (χ4v) is 3.47. The number of benzene rings is 3. The molecule has 4 N–H and O–H groups in total. The lowest BCUT2D eigenvalue weighted by molar-refractivity contribution is -0.208. The quantitative estimate of drug-likeness (QED) is 0.188. The molecule has 1 heterocycles. The Balaban J connectivity index is 0.000000618. The van der Waals surface area contributed by atoms with Crippen molar-refractivity contribution in [1.29, 1.82) is 0 Å². The lowest BCUT2D eigenvalue weighted by atomic mass is 10.1. The Hall–Kier alpha value is -2.99. The van der Waals surface area contributed by atoms with Gasteiger partial charge in [-0.05, 0) is 30.3 Å². The zero-order valence-electron chi connectivity index (χ0n) is 20.1. The summed E-state index contributed by atoms with van der Waals surface area (Å²) in [7, 11) is 1.62. The first-order valence-electron chi connectivity index (χ1n) is 11.3. The Kier molecular flexibility index (Phi) is 12.0. The monoisotopic (exact) mass is 586 g/mol. The number of rotatable bonds is 11. The molecule has 11 heteroatoms. The van der Waals surface area contributed by atoms with Crippen LogP contribution < -0.4 is 19.5 Å². The Labute approximate surface area is 222 Å². The lowest BCUT2D eigenvalue weighted by Crippen LogP contribution is -2.33. The van der Waals surface area contributed by atoms with Gasteiger partial charge in [-0.1, -0.05) is 36.4 Å². The van der Waals surface area contributed by atoms with Gasteiger partial charge in [-0.3, -0.25) is 0 Å². The topological polar surface area (TPSA) is 96.0 Å². The van der Waals surface area contributed by atoms with E-state index in [1.165, 1.54) is 0 Å². The van der Waals surface area contributed by atoms with Gasteiger partial charge in [0.25, 0.3) is 0 Å². The highest BCUT2D eigenvalue weighted by atomic mass is 79.9. The molecule has 0 amide bonds. The highest BCUT2D eigenvalue weighted by molar-refractivity contribution is 8.93. The normalized spacial score (nSPS) is 11.8. The number of halogens is 4. The van der Waals surface area contributed by atoms with Crippen molar-refractivity contribution in [3.63, 3.8) is 0 Å². The van der Waals surface area contributed by atoms with Crippen LogP contribution in [0.1, 0.15) is 0 Å². The van der Waals surface area contributed by atoms with Crippen LogP contribution in [0.25, 0.3) is 21.8 Å². The van der Waals surface area contributed by atoms with E-state index in [0.717, 1.165) is 27.6 Å². The van der Waals surface area contributed by atoms with Crippen molar-refractivity contribution in [2.24, 2.45) is 0 Å². The van der Waals surface area contributed by atoms with E-state index < -0.39 is 18.9 Å². The molecular formula is C26H30BrF3N2O5. The Morgan fingerprint density at radius 2 is 1.54 bits per heavy atom. The van der Waals surface area contributed by atoms with Crippen LogP contribution in [-0.4, -0.2) is 67.5 Å². The third-order valence-electron chi connectivity index (χ3n) is 5.07. The summed E-state index contributed by atoms with van der Waals surface area (Å²) >= 11 is 0. The minimum atomic E-state index is -4.12. The molecule has 3 aromatic carbocycles. The fraction of sp³-hybridized carbons (Fsp3) is 0.308. The van der Waals surface area contributed by atoms with Crippen LogP contribution in [0.5, 0.6) is 17.2 Å². The molecule has 0 aliphatic heterocycles. The number of ether oxygens (including phenoxy) is 3. The van der Waals surface area contributed by atoms with Gasteiger partial charge in [0.15, 0.2) is 18.2 Å². The van der Waals surface area contributed by atoms with Crippen molar-refractivity contribution in [3.8, 4) is 17.2 Å². The van der Waals surface area contributed by atoms with Crippen LogP contribution in [0.2, 0.25) is 0 Å². The average Bonchev–Trinajstić information content (AvgIpc) is 3.27. The molecule has 1 unspecified atom stereocenters. The third kappa shape index (κ3) is 9.12. The summed E-state index contributed by atoms with van der Waals surface area (Å²) in [6, 6.07) is 21.6. The molecule has 7 nitrogen and oxygen atoms in total. The number of hydrogen-bond acceptors (Lipinski definition) is 6. The third-order valence-corrected chi connectivity index (χ3v) is 5.07. The Morgan fingerprint density at radius 1 is 0.919 bits per heavy atom. The van der Waals surface area contributed by atoms with E-state index in [1.807, 2.05) is 60.7 Å². The number of hydrogen-bond donors (Lipinski definition) is 4. The minimum Gasteiger partial charge on any atom is -0.493 e. The molecule has 0 aliphatic rings. The van der Waals surface area contributed by atoms with Gasteiger partial charge < -0.3 is 34.7 Å². The summed E-state index contributed by atoms with van der Waals surface area (Å²) in [5.74, 6) is 2.18. The van der Waals surface area contributed by atoms with Gasteiger partial charge >= 0.3 is 6.11 Å². The summed E-state index contributed by atoms with van der Waals surface area (Å²) in [5.41, 5.74) is 2.09.